The molecule has 17 heavy (non-hydrogen) atoms. The molecule has 3 nitrogen and oxygen atoms in total. The summed E-state index contributed by atoms with van der Waals surface area (Å²) in [6.45, 7) is 2.21. The maximum Gasteiger partial charge on any atom is 0.338 e. The van der Waals surface area contributed by atoms with E-state index >= 15 is 0 Å². The first-order valence-electron chi connectivity index (χ1n) is 5.94. The number of benzene rings is 1. The molecule has 92 valence electrons. The predicted molar refractivity (Wildman–Crippen MR) is 71.4 cm³/mol. The molecule has 0 aromatic heterocycles. The molecule has 1 N–H and O–H groups in total. The lowest BCUT2D eigenvalue weighted by Crippen LogP contribution is -2.27. The first-order valence-corrected chi connectivity index (χ1v) is 6.73. The lowest BCUT2D eigenvalue weighted by Gasteiger charge is -2.28. The van der Waals surface area contributed by atoms with Crippen LogP contribution in [0.1, 0.15) is 36.5 Å². The van der Waals surface area contributed by atoms with Crippen LogP contribution >= 0.6 is 15.9 Å². The van der Waals surface area contributed by atoms with E-state index in [-0.39, 0.29) is 5.97 Å². The summed E-state index contributed by atoms with van der Waals surface area (Å²) in [4.78, 5) is 11.5. The number of nitrogens with one attached hydrogen (secondary N) is 1. The van der Waals surface area contributed by atoms with Crippen LogP contribution in [0.2, 0.25) is 0 Å². The van der Waals surface area contributed by atoms with Gasteiger partial charge in [-0.15, -0.1) is 0 Å². The van der Waals surface area contributed by atoms with Gasteiger partial charge in [-0.1, -0.05) is 0 Å². The molecule has 0 atom stereocenters. The van der Waals surface area contributed by atoms with Gasteiger partial charge in [0.25, 0.3) is 0 Å². The summed E-state index contributed by atoms with van der Waals surface area (Å²) >= 11 is 3.48. The molecule has 0 unspecified atom stereocenters. The minimum atomic E-state index is -0.275. The van der Waals surface area contributed by atoms with Gasteiger partial charge in [0.05, 0.1) is 12.2 Å². The highest BCUT2D eigenvalue weighted by Gasteiger charge is 2.18. The number of esters is 1. The Morgan fingerprint density at radius 2 is 2.29 bits per heavy atom. The summed E-state index contributed by atoms with van der Waals surface area (Å²) < 4.78 is 5.87. The lowest BCUT2D eigenvalue weighted by atomic mass is 9.93. The van der Waals surface area contributed by atoms with E-state index in [0.717, 1.165) is 10.2 Å². The van der Waals surface area contributed by atoms with Gasteiger partial charge < -0.3 is 10.1 Å². The Morgan fingerprint density at radius 3 is 2.82 bits per heavy atom. The van der Waals surface area contributed by atoms with E-state index in [9.17, 15) is 4.79 Å². The summed E-state index contributed by atoms with van der Waals surface area (Å²) in [5.41, 5.74) is 1.63. The SMILES string of the molecule is CCOC(=O)c1ccc(NC2CCC2)c(Br)c1. The molecular weight excluding hydrogens is 282 g/mol. The number of carbonyl (C=O) groups is 1. The van der Waals surface area contributed by atoms with E-state index in [4.69, 9.17) is 4.74 Å². The van der Waals surface area contributed by atoms with Crippen LogP contribution in [-0.4, -0.2) is 18.6 Å². The molecule has 2 rings (SSSR count). The molecule has 0 radical (unpaired) electrons. The van der Waals surface area contributed by atoms with Gasteiger partial charge >= 0.3 is 5.97 Å². The van der Waals surface area contributed by atoms with Gasteiger partial charge in [0.15, 0.2) is 0 Å². The van der Waals surface area contributed by atoms with Gasteiger partial charge in [0, 0.05) is 16.2 Å². The Balaban J connectivity index is 2.07. The normalized spacial score (nSPS) is 15.2. The fourth-order valence-corrected chi connectivity index (χ4v) is 2.24. The summed E-state index contributed by atoms with van der Waals surface area (Å²) in [6.07, 6.45) is 3.76. The van der Waals surface area contributed by atoms with Crippen molar-refractivity contribution in [2.75, 3.05) is 11.9 Å². The molecule has 1 aliphatic rings. The maximum atomic E-state index is 11.5. The van der Waals surface area contributed by atoms with Crippen LogP contribution in [0.15, 0.2) is 22.7 Å². The molecule has 0 heterocycles. The molecule has 1 aliphatic carbocycles. The van der Waals surface area contributed by atoms with Gasteiger partial charge in [-0.2, -0.15) is 0 Å². The fourth-order valence-electron chi connectivity index (χ4n) is 1.75. The van der Waals surface area contributed by atoms with Gasteiger partial charge in [-0.25, -0.2) is 4.79 Å². The molecule has 0 saturated heterocycles. The lowest BCUT2D eigenvalue weighted by molar-refractivity contribution is 0.0526. The number of hydrogen-bond acceptors (Lipinski definition) is 3. The molecule has 0 bridgehead atoms. The molecule has 1 saturated carbocycles. The van der Waals surface area contributed by atoms with E-state index in [1.54, 1.807) is 19.1 Å². The van der Waals surface area contributed by atoms with Crippen molar-refractivity contribution in [3.63, 3.8) is 0 Å². The third-order valence-electron chi connectivity index (χ3n) is 2.95. The fraction of sp³-hybridized carbons (Fsp3) is 0.462. The molecule has 0 aliphatic heterocycles. The van der Waals surface area contributed by atoms with E-state index in [0.29, 0.717) is 18.2 Å². The molecular formula is C13H16BrNO2. The van der Waals surface area contributed by atoms with Crippen LogP contribution in [0.4, 0.5) is 5.69 Å². The van der Waals surface area contributed by atoms with Crippen LogP contribution in [0.5, 0.6) is 0 Å². The third kappa shape index (κ3) is 3.00. The van der Waals surface area contributed by atoms with E-state index < -0.39 is 0 Å². The predicted octanol–water partition coefficient (Wildman–Crippen LogP) is 3.59. The number of rotatable bonds is 4. The van der Waals surface area contributed by atoms with Crippen molar-refractivity contribution in [1.82, 2.24) is 0 Å². The van der Waals surface area contributed by atoms with E-state index in [1.807, 2.05) is 6.07 Å². The summed E-state index contributed by atoms with van der Waals surface area (Å²) in [7, 11) is 0. The van der Waals surface area contributed by atoms with Crippen molar-refractivity contribution in [1.29, 1.82) is 0 Å². The molecule has 4 heteroatoms. The second kappa shape index (κ2) is 5.54. The number of anilines is 1. The Hall–Kier alpha value is -1.03. The number of hydrogen-bond donors (Lipinski definition) is 1. The molecule has 1 fully saturated rings. The highest BCUT2D eigenvalue weighted by atomic mass is 79.9. The highest BCUT2D eigenvalue weighted by Crippen LogP contribution is 2.29. The zero-order valence-corrected chi connectivity index (χ0v) is 11.4. The average Bonchev–Trinajstić information content (AvgIpc) is 2.25. The van der Waals surface area contributed by atoms with Crippen LogP contribution in [0.3, 0.4) is 0 Å². The monoisotopic (exact) mass is 297 g/mol. The van der Waals surface area contributed by atoms with Gasteiger partial charge in [0.1, 0.15) is 0 Å². The second-order valence-electron chi connectivity index (χ2n) is 4.19. The molecule has 1 aromatic rings. The summed E-state index contributed by atoms with van der Waals surface area (Å²) in [5, 5.41) is 3.45. The largest absolute Gasteiger partial charge is 0.462 e. The molecule has 0 spiro atoms. The van der Waals surface area contributed by atoms with E-state index in [2.05, 4.69) is 21.2 Å². The van der Waals surface area contributed by atoms with Gasteiger partial charge in [-0.05, 0) is 60.3 Å². The van der Waals surface area contributed by atoms with Crippen molar-refractivity contribution in [3.05, 3.63) is 28.2 Å². The Morgan fingerprint density at radius 1 is 1.53 bits per heavy atom. The van der Waals surface area contributed by atoms with Crippen LogP contribution in [0, 0.1) is 0 Å². The first kappa shape index (κ1) is 12.4. The Kier molecular flexibility index (Phi) is 4.05. The van der Waals surface area contributed by atoms with Crippen LogP contribution in [0.25, 0.3) is 0 Å². The smallest absolute Gasteiger partial charge is 0.338 e. The van der Waals surface area contributed by atoms with Crippen LogP contribution < -0.4 is 5.32 Å². The average molecular weight is 298 g/mol. The van der Waals surface area contributed by atoms with E-state index in [1.165, 1.54) is 19.3 Å². The van der Waals surface area contributed by atoms with Crippen molar-refractivity contribution >= 4 is 27.6 Å². The topological polar surface area (TPSA) is 38.3 Å². The minimum Gasteiger partial charge on any atom is -0.462 e. The summed E-state index contributed by atoms with van der Waals surface area (Å²) in [5.74, 6) is -0.275. The summed E-state index contributed by atoms with van der Waals surface area (Å²) in [6, 6.07) is 6.11. The van der Waals surface area contributed by atoms with Crippen molar-refractivity contribution in [2.45, 2.75) is 32.2 Å². The number of carbonyl (C=O) groups excluding carboxylic acids is 1. The number of halogens is 1. The first-order chi connectivity index (χ1) is 8.20. The standard InChI is InChI=1S/C13H16BrNO2/c1-2-17-13(16)9-6-7-12(11(14)8-9)15-10-4-3-5-10/h6-8,10,15H,2-5H2,1H3. The highest BCUT2D eigenvalue weighted by molar-refractivity contribution is 9.10. The minimum absolute atomic E-state index is 0.275. The quantitative estimate of drug-likeness (QED) is 0.863. The van der Waals surface area contributed by atoms with Crippen LogP contribution in [-0.2, 0) is 4.74 Å². The van der Waals surface area contributed by atoms with Gasteiger partial charge in [0.2, 0.25) is 0 Å². The third-order valence-corrected chi connectivity index (χ3v) is 3.60. The van der Waals surface area contributed by atoms with Crippen molar-refractivity contribution in [3.8, 4) is 0 Å². The number of ether oxygens (including phenoxy) is 1. The van der Waals surface area contributed by atoms with Crippen molar-refractivity contribution < 1.29 is 9.53 Å². The Bertz CT molecular complexity index is 416. The Labute approximate surface area is 110 Å². The second-order valence-corrected chi connectivity index (χ2v) is 5.04. The maximum absolute atomic E-state index is 11.5. The molecule has 1 aromatic carbocycles. The zero-order valence-electron chi connectivity index (χ0n) is 9.83. The van der Waals surface area contributed by atoms with Gasteiger partial charge in [-0.3, -0.25) is 0 Å². The zero-order chi connectivity index (χ0) is 12.3. The van der Waals surface area contributed by atoms with Crippen molar-refractivity contribution in [2.24, 2.45) is 0 Å². The molecule has 0 amide bonds.